The minimum atomic E-state index is -5.22. The third-order valence-corrected chi connectivity index (χ3v) is 5.76. The van der Waals surface area contributed by atoms with Crippen LogP contribution in [0.1, 0.15) is 39.2 Å². The average Bonchev–Trinajstić information content (AvgIpc) is 2.68. The molecule has 0 saturated carbocycles. The third-order valence-electron chi connectivity index (χ3n) is 5.76. The van der Waals surface area contributed by atoms with Crippen molar-refractivity contribution in [3.05, 3.63) is 17.7 Å². The van der Waals surface area contributed by atoms with Gasteiger partial charge in [0.15, 0.2) is 6.17 Å². The van der Waals surface area contributed by atoms with Crippen LogP contribution in [-0.2, 0) is 14.4 Å². The van der Waals surface area contributed by atoms with E-state index in [1.54, 1.807) is 17.9 Å². The average molecular weight is 458 g/mol. The topological polar surface area (TPSA) is 92.4 Å². The van der Waals surface area contributed by atoms with Crippen LogP contribution in [0.15, 0.2) is 12.1 Å². The Hall–Kier alpha value is -2.73. The molecule has 1 aromatic rings. The van der Waals surface area contributed by atoms with Crippen molar-refractivity contribution in [2.75, 3.05) is 24.6 Å². The van der Waals surface area contributed by atoms with Gasteiger partial charge in [-0.1, -0.05) is 13.8 Å². The number of hydrogen-bond acceptors (Lipinski definition) is 8. The van der Waals surface area contributed by atoms with Crippen LogP contribution in [0.2, 0.25) is 0 Å². The van der Waals surface area contributed by atoms with E-state index in [2.05, 4.69) is 15.6 Å². The Morgan fingerprint density at radius 3 is 2.56 bits per heavy atom. The monoisotopic (exact) mass is 458 g/mol. The van der Waals surface area contributed by atoms with Crippen LogP contribution in [0.4, 0.5) is 18.9 Å². The first kappa shape index (κ1) is 22.5. The number of nitrogens with zero attached hydrogens (tertiary/aromatic N) is 2. The minimum absolute atomic E-state index is 0.111. The summed E-state index contributed by atoms with van der Waals surface area (Å²) in [6, 6.07) is 2.80. The molecule has 0 radical (unpaired) electrons. The molecule has 4 rings (SSSR count). The molecule has 12 heteroatoms. The molecule has 176 valence electrons. The first-order valence-corrected chi connectivity index (χ1v) is 10.3. The number of alkyl halides is 3. The van der Waals surface area contributed by atoms with E-state index in [4.69, 9.17) is 9.47 Å². The lowest BCUT2D eigenvalue weighted by Gasteiger charge is -2.48. The fourth-order valence-electron chi connectivity index (χ4n) is 3.92. The van der Waals surface area contributed by atoms with E-state index in [9.17, 15) is 22.8 Å². The molecule has 2 unspecified atom stereocenters. The molecule has 2 fully saturated rings. The summed E-state index contributed by atoms with van der Waals surface area (Å²) in [6.45, 7) is 8.81. The van der Waals surface area contributed by atoms with Crippen LogP contribution >= 0.6 is 0 Å². The molecule has 3 aliphatic heterocycles. The van der Waals surface area contributed by atoms with Gasteiger partial charge >= 0.3 is 12.1 Å². The molecule has 2 atom stereocenters. The van der Waals surface area contributed by atoms with Gasteiger partial charge in [-0.05, 0) is 31.0 Å². The van der Waals surface area contributed by atoms with E-state index in [-0.39, 0.29) is 12.5 Å². The van der Waals surface area contributed by atoms with Crippen molar-refractivity contribution in [2.45, 2.75) is 57.6 Å². The number of hydrazine groups is 1. The molecule has 0 aliphatic carbocycles. The summed E-state index contributed by atoms with van der Waals surface area (Å²) in [6.07, 6.45) is -6.22. The van der Waals surface area contributed by atoms with Gasteiger partial charge in [-0.25, -0.2) is 4.79 Å². The molecule has 2 N–H and O–H groups in total. The molecule has 32 heavy (non-hydrogen) atoms. The molecule has 0 spiro atoms. The van der Waals surface area contributed by atoms with Gasteiger partial charge in [0.1, 0.15) is 29.7 Å². The van der Waals surface area contributed by atoms with E-state index < -0.39 is 35.9 Å². The Kier molecular flexibility index (Phi) is 5.40. The van der Waals surface area contributed by atoms with E-state index in [1.165, 1.54) is 0 Å². The Morgan fingerprint density at radius 2 is 2.00 bits per heavy atom. The van der Waals surface area contributed by atoms with Crippen molar-refractivity contribution < 1.29 is 37.1 Å². The summed E-state index contributed by atoms with van der Waals surface area (Å²) >= 11 is 0. The number of amides is 1. The standard InChI is InChI=1S/C20H25F3N4O5/c1-10(2)12-5-15-13(6-14(12)31-19(4)8-24-9-19)26-11(3)17(28)25-27(16(26)7-30-15)32-18(29)20(21,22)23/h5-6,10-11,16,24H,7-9H2,1-4H3,(H,25,28). The van der Waals surface area contributed by atoms with Crippen molar-refractivity contribution in [3.8, 4) is 11.5 Å². The first-order valence-electron chi connectivity index (χ1n) is 10.3. The zero-order valence-corrected chi connectivity index (χ0v) is 18.1. The number of nitrogens with one attached hydrogen (secondary N) is 2. The number of rotatable bonds is 4. The Bertz CT molecular complexity index is 935. The van der Waals surface area contributed by atoms with Crippen molar-refractivity contribution >= 4 is 17.6 Å². The molecule has 2 saturated heterocycles. The predicted molar refractivity (Wildman–Crippen MR) is 106 cm³/mol. The maximum atomic E-state index is 12.7. The predicted octanol–water partition coefficient (Wildman–Crippen LogP) is 1.83. The zero-order valence-electron chi connectivity index (χ0n) is 18.1. The number of benzene rings is 1. The fraction of sp³-hybridized carbons (Fsp3) is 0.600. The molecule has 3 heterocycles. The normalized spacial score (nSPS) is 24.6. The molecule has 1 amide bonds. The van der Waals surface area contributed by atoms with Gasteiger partial charge in [0.2, 0.25) is 0 Å². The fourth-order valence-corrected chi connectivity index (χ4v) is 3.92. The zero-order chi connectivity index (χ0) is 23.4. The van der Waals surface area contributed by atoms with E-state index in [0.717, 1.165) is 5.56 Å². The lowest BCUT2D eigenvalue weighted by Crippen LogP contribution is -2.70. The third kappa shape index (κ3) is 3.92. The Morgan fingerprint density at radius 1 is 1.31 bits per heavy atom. The lowest BCUT2D eigenvalue weighted by molar-refractivity contribution is -0.265. The summed E-state index contributed by atoms with van der Waals surface area (Å²) in [5, 5.41) is 3.66. The van der Waals surface area contributed by atoms with Gasteiger partial charge in [0.05, 0.1) is 5.69 Å². The van der Waals surface area contributed by atoms with Crippen LogP contribution in [0.3, 0.4) is 0 Å². The molecular formula is C20H25F3N4O5. The molecule has 0 bridgehead atoms. The Balaban J connectivity index is 1.71. The van der Waals surface area contributed by atoms with Crippen molar-refractivity contribution in [2.24, 2.45) is 0 Å². The van der Waals surface area contributed by atoms with E-state index in [0.29, 0.717) is 35.4 Å². The van der Waals surface area contributed by atoms with Crippen molar-refractivity contribution in [3.63, 3.8) is 0 Å². The van der Waals surface area contributed by atoms with Crippen LogP contribution < -0.4 is 25.1 Å². The summed E-state index contributed by atoms with van der Waals surface area (Å²) in [5.74, 6) is -1.89. The number of halogens is 3. The highest BCUT2D eigenvalue weighted by Crippen LogP contribution is 2.44. The highest BCUT2D eigenvalue weighted by Gasteiger charge is 2.49. The minimum Gasteiger partial charge on any atom is -0.488 e. The molecule has 0 aromatic heterocycles. The summed E-state index contributed by atoms with van der Waals surface area (Å²) in [4.78, 5) is 29.9. The van der Waals surface area contributed by atoms with Crippen LogP contribution in [0.5, 0.6) is 11.5 Å². The first-order chi connectivity index (χ1) is 14.9. The SMILES string of the molecule is CC(C)c1cc2c(cc1OC1(C)CNC1)N1C(C)C(=O)NN(OC(=O)C(F)(F)F)C1CO2. The van der Waals surface area contributed by atoms with Gasteiger partial charge in [-0.3, -0.25) is 10.2 Å². The Labute approximate surface area is 182 Å². The van der Waals surface area contributed by atoms with Gasteiger partial charge < -0.3 is 24.5 Å². The maximum absolute atomic E-state index is 12.7. The number of anilines is 1. The second kappa shape index (κ2) is 7.69. The highest BCUT2D eigenvalue weighted by atomic mass is 19.4. The maximum Gasteiger partial charge on any atom is 0.492 e. The van der Waals surface area contributed by atoms with Crippen LogP contribution in [-0.4, -0.2) is 60.7 Å². The number of hydrogen-bond donors (Lipinski definition) is 2. The van der Waals surface area contributed by atoms with Crippen molar-refractivity contribution in [1.29, 1.82) is 0 Å². The van der Waals surface area contributed by atoms with Gasteiger partial charge in [-0.15, -0.1) is 0 Å². The summed E-state index contributed by atoms with van der Waals surface area (Å²) in [5.41, 5.74) is 3.17. The number of ether oxygens (including phenoxy) is 2. The van der Waals surface area contributed by atoms with Gasteiger partial charge in [0.25, 0.3) is 5.91 Å². The van der Waals surface area contributed by atoms with E-state index >= 15 is 0 Å². The van der Waals surface area contributed by atoms with E-state index in [1.807, 2.05) is 26.8 Å². The second-order valence-electron chi connectivity index (χ2n) is 8.72. The molecule has 1 aromatic carbocycles. The number of carbonyl (C=O) groups excluding carboxylic acids is 2. The van der Waals surface area contributed by atoms with Gasteiger partial charge in [0, 0.05) is 24.7 Å². The number of hydroxylamine groups is 1. The smallest absolute Gasteiger partial charge is 0.488 e. The van der Waals surface area contributed by atoms with Gasteiger partial charge in [-0.2, -0.15) is 13.2 Å². The molecule has 3 aliphatic rings. The lowest BCUT2D eigenvalue weighted by atomic mass is 9.96. The summed E-state index contributed by atoms with van der Waals surface area (Å²) in [7, 11) is 0. The summed E-state index contributed by atoms with van der Waals surface area (Å²) < 4.78 is 50.3. The molecule has 9 nitrogen and oxygen atoms in total. The van der Waals surface area contributed by atoms with Crippen LogP contribution in [0, 0.1) is 0 Å². The quantitative estimate of drug-likeness (QED) is 0.706. The largest absolute Gasteiger partial charge is 0.492 e. The highest BCUT2D eigenvalue weighted by molar-refractivity contribution is 5.87. The second-order valence-corrected chi connectivity index (χ2v) is 8.72. The molecular weight excluding hydrogens is 433 g/mol. The van der Waals surface area contributed by atoms with Crippen molar-refractivity contribution in [1.82, 2.24) is 15.9 Å². The number of carbonyl (C=O) groups is 2. The number of fused-ring (bicyclic) bond motifs is 3. The van der Waals surface area contributed by atoms with Crippen LogP contribution in [0.25, 0.3) is 0 Å².